The summed E-state index contributed by atoms with van der Waals surface area (Å²) >= 11 is 0. The molecule has 1 aromatic heterocycles. The summed E-state index contributed by atoms with van der Waals surface area (Å²) in [5, 5.41) is 11.6. The van der Waals surface area contributed by atoms with Crippen molar-refractivity contribution in [3.63, 3.8) is 0 Å². The van der Waals surface area contributed by atoms with E-state index in [0.717, 1.165) is 11.1 Å². The lowest BCUT2D eigenvalue weighted by Crippen LogP contribution is -1.94. The van der Waals surface area contributed by atoms with Crippen molar-refractivity contribution >= 4 is 16.6 Å². The number of rotatable bonds is 3. The van der Waals surface area contributed by atoms with Crippen molar-refractivity contribution in [2.45, 2.75) is 13.8 Å². The SMILES string of the molecule is Cc1cc(C)cc(Oc2ccc([N+](=O)[O-])c3cccnc23)c1. The molecular weight excluding hydrogens is 280 g/mol. The molecule has 5 heteroatoms. The number of non-ortho nitro benzene ring substituents is 1. The zero-order chi connectivity index (χ0) is 15.7. The molecule has 2 aromatic carbocycles. The van der Waals surface area contributed by atoms with Gasteiger partial charge in [-0.2, -0.15) is 0 Å². The number of hydrogen-bond donors (Lipinski definition) is 0. The molecule has 5 nitrogen and oxygen atoms in total. The third-order valence-electron chi connectivity index (χ3n) is 3.33. The molecule has 3 rings (SSSR count). The van der Waals surface area contributed by atoms with E-state index in [1.807, 2.05) is 26.0 Å². The van der Waals surface area contributed by atoms with Gasteiger partial charge in [0.25, 0.3) is 5.69 Å². The fraction of sp³-hybridized carbons (Fsp3) is 0.118. The summed E-state index contributed by atoms with van der Waals surface area (Å²) in [5.74, 6) is 1.20. The van der Waals surface area contributed by atoms with Crippen molar-refractivity contribution in [1.29, 1.82) is 0 Å². The monoisotopic (exact) mass is 294 g/mol. The van der Waals surface area contributed by atoms with Gasteiger partial charge in [-0.15, -0.1) is 0 Å². The molecule has 1 heterocycles. The summed E-state index contributed by atoms with van der Waals surface area (Å²) in [6.07, 6.45) is 1.60. The average Bonchev–Trinajstić information content (AvgIpc) is 2.46. The van der Waals surface area contributed by atoms with Crippen LogP contribution in [0.4, 0.5) is 5.69 Å². The molecule has 3 aromatic rings. The maximum absolute atomic E-state index is 11.1. The summed E-state index contributed by atoms with van der Waals surface area (Å²) in [5.41, 5.74) is 2.69. The normalized spacial score (nSPS) is 10.6. The topological polar surface area (TPSA) is 65.3 Å². The van der Waals surface area contributed by atoms with Crippen LogP contribution in [0.3, 0.4) is 0 Å². The van der Waals surface area contributed by atoms with Crippen molar-refractivity contribution < 1.29 is 9.66 Å². The Bertz CT molecular complexity index is 855. The Kier molecular flexibility index (Phi) is 3.47. The Morgan fingerprint density at radius 2 is 1.82 bits per heavy atom. The number of nitrogens with zero attached hydrogens (tertiary/aromatic N) is 2. The van der Waals surface area contributed by atoms with Crippen molar-refractivity contribution in [2.24, 2.45) is 0 Å². The van der Waals surface area contributed by atoms with Gasteiger partial charge in [-0.05, 0) is 55.3 Å². The van der Waals surface area contributed by atoms with E-state index in [1.54, 1.807) is 24.4 Å². The highest BCUT2D eigenvalue weighted by molar-refractivity contribution is 5.92. The first kappa shape index (κ1) is 14.0. The molecule has 0 amide bonds. The number of pyridine rings is 1. The van der Waals surface area contributed by atoms with E-state index in [9.17, 15) is 10.1 Å². The molecule has 0 saturated carbocycles. The fourth-order valence-corrected chi connectivity index (χ4v) is 2.49. The molecule has 0 radical (unpaired) electrons. The zero-order valence-corrected chi connectivity index (χ0v) is 12.2. The van der Waals surface area contributed by atoms with Gasteiger partial charge in [0.2, 0.25) is 0 Å². The van der Waals surface area contributed by atoms with Crippen LogP contribution in [0.2, 0.25) is 0 Å². The molecule has 0 bridgehead atoms. The first-order valence-electron chi connectivity index (χ1n) is 6.83. The van der Waals surface area contributed by atoms with Crippen molar-refractivity contribution in [3.05, 3.63) is 69.9 Å². The van der Waals surface area contributed by atoms with Crippen LogP contribution in [0.15, 0.2) is 48.7 Å². The minimum Gasteiger partial charge on any atom is -0.455 e. The minimum absolute atomic E-state index is 0.0240. The van der Waals surface area contributed by atoms with Gasteiger partial charge >= 0.3 is 0 Å². The summed E-state index contributed by atoms with van der Waals surface area (Å²) < 4.78 is 5.90. The standard InChI is InChI=1S/C17H14N2O3/c1-11-8-12(2)10-13(9-11)22-16-6-5-15(19(20)21)14-4-3-7-18-17(14)16/h3-10H,1-2H3. The van der Waals surface area contributed by atoms with Gasteiger partial charge in [-0.25, -0.2) is 0 Å². The number of aromatic nitrogens is 1. The Labute approximate surface area is 127 Å². The van der Waals surface area contributed by atoms with Crippen LogP contribution in [0.25, 0.3) is 10.9 Å². The van der Waals surface area contributed by atoms with Crippen LogP contribution in [0.5, 0.6) is 11.5 Å². The third-order valence-corrected chi connectivity index (χ3v) is 3.33. The predicted molar refractivity (Wildman–Crippen MR) is 84.4 cm³/mol. The number of nitro groups is 1. The number of benzene rings is 2. The van der Waals surface area contributed by atoms with Crippen LogP contribution in [0.1, 0.15) is 11.1 Å². The van der Waals surface area contributed by atoms with E-state index >= 15 is 0 Å². The Hall–Kier alpha value is -2.95. The molecular formula is C17H14N2O3. The van der Waals surface area contributed by atoms with E-state index in [2.05, 4.69) is 11.1 Å². The lowest BCUT2D eigenvalue weighted by Gasteiger charge is -2.10. The molecule has 0 aliphatic rings. The fourth-order valence-electron chi connectivity index (χ4n) is 2.49. The van der Waals surface area contributed by atoms with E-state index in [4.69, 9.17) is 4.74 Å². The highest BCUT2D eigenvalue weighted by atomic mass is 16.6. The van der Waals surface area contributed by atoms with Gasteiger partial charge in [-0.3, -0.25) is 15.1 Å². The summed E-state index contributed by atoms with van der Waals surface area (Å²) in [7, 11) is 0. The molecule has 22 heavy (non-hydrogen) atoms. The molecule has 0 aliphatic carbocycles. The number of aryl methyl sites for hydroxylation is 2. The molecule has 0 saturated heterocycles. The summed E-state index contributed by atoms with van der Waals surface area (Å²) in [6, 6.07) is 12.3. The smallest absolute Gasteiger partial charge is 0.279 e. The summed E-state index contributed by atoms with van der Waals surface area (Å²) in [4.78, 5) is 14.9. The molecule has 0 aliphatic heterocycles. The van der Waals surface area contributed by atoms with Crippen LogP contribution < -0.4 is 4.74 Å². The third kappa shape index (κ3) is 2.61. The Morgan fingerprint density at radius 3 is 2.50 bits per heavy atom. The first-order valence-corrected chi connectivity index (χ1v) is 6.83. The van der Waals surface area contributed by atoms with Crippen molar-refractivity contribution in [1.82, 2.24) is 4.98 Å². The molecule has 0 spiro atoms. The number of fused-ring (bicyclic) bond motifs is 1. The lowest BCUT2D eigenvalue weighted by atomic mass is 10.1. The van der Waals surface area contributed by atoms with Crippen molar-refractivity contribution in [2.75, 3.05) is 0 Å². The molecule has 0 N–H and O–H groups in total. The molecule has 0 fully saturated rings. The highest BCUT2D eigenvalue weighted by Gasteiger charge is 2.16. The van der Waals surface area contributed by atoms with Gasteiger partial charge in [-0.1, -0.05) is 6.07 Å². The van der Waals surface area contributed by atoms with E-state index in [0.29, 0.717) is 22.4 Å². The Balaban J connectivity index is 2.12. The highest BCUT2D eigenvalue weighted by Crippen LogP contribution is 2.34. The molecule has 0 unspecified atom stereocenters. The van der Waals surface area contributed by atoms with Crippen LogP contribution in [-0.2, 0) is 0 Å². The van der Waals surface area contributed by atoms with Crippen LogP contribution >= 0.6 is 0 Å². The number of hydrogen-bond acceptors (Lipinski definition) is 4. The van der Waals surface area contributed by atoms with E-state index in [1.165, 1.54) is 6.07 Å². The van der Waals surface area contributed by atoms with Gasteiger partial charge in [0, 0.05) is 12.3 Å². The lowest BCUT2D eigenvalue weighted by molar-refractivity contribution is -0.383. The maximum Gasteiger partial charge on any atom is 0.279 e. The second kappa shape index (κ2) is 5.44. The molecule has 0 atom stereocenters. The van der Waals surface area contributed by atoms with Crippen LogP contribution in [-0.4, -0.2) is 9.91 Å². The number of nitro benzene ring substituents is 1. The predicted octanol–water partition coefficient (Wildman–Crippen LogP) is 4.55. The average molecular weight is 294 g/mol. The van der Waals surface area contributed by atoms with E-state index < -0.39 is 4.92 Å². The quantitative estimate of drug-likeness (QED) is 0.525. The second-order valence-electron chi connectivity index (χ2n) is 5.16. The van der Waals surface area contributed by atoms with Gasteiger partial charge in [0.1, 0.15) is 11.3 Å². The second-order valence-corrected chi connectivity index (χ2v) is 5.16. The largest absolute Gasteiger partial charge is 0.455 e. The Morgan fingerprint density at radius 1 is 1.09 bits per heavy atom. The van der Waals surface area contributed by atoms with Gasteiger partial charge < -0.3 is 4.74 Å². The maximum atomic E-state index is 11.1. The van der Waals surface area contributed by atoms with Gasteiger partial charge in [0.15, 0.2) is 5.75 Å². The van der Waals surface area contributed by atoms with E-state index in [-0.39, 0.29) is 5.69 Å². The molecule has 110 valence electrons. The number of ether oxygens (including phenoxy) is 1. The van der Waals surface area contributed by atoms with Crippen molar-refractivity contribution in [3.8, 4) is 11.5 Å². The minimum atomic E-state index is -0.412. The van der Waals surface area contributed by atoms with Gasteiger partial charge in [0.05, 0.1) is 10.3 Å². The zero-order valence-electron chi connectivity index (χ0n) is 12.2. The van der Waals surface area contributed by atoms with Crippen LogP contribution in [0, 0.1) is 24.0 Å². The summed E-state index contributed by atoms with van der Waals surface area (Å²) in [6.45, 7) is 3.98. The first-order chi connectivity index (χ1) is 10.5.